The van der Waals surface area contributed by atoms with Gasteiger partial charge in [-0.2, -0.15) is 18.2 Å². The van der Waals surface area contributed by atoms with Crippen molar-refractivity contribution < 1.29 is 26.2 Å². The molecule has 0 radical (unpaired) electrons. The summed E-state index contributed by atoms with van der Waals surface area (Å²) in [5, 5.41) is 5.60. The van der Waals surface area contributed by atoms with Crippen LogP contribution < -0.4 is 14.9 Å². The van der Waals surface area contributed by atoms with Crippen LogP contribution in [-0.2, 0) is 33.5 Å². The zero-order chi connectivity index (χ0) is 29.9. The Bertz CT molecular complexity index is 1490. The summed E-state index contributed by atoms with van der Waals surface area (Å²) in [6.45, 7) is 7.60. The number of pyridine rings is 1. The SMILES string of the molecule is CC(C)P(=O)(Cc1cccc(Nc2ncc(C(F)(F)F)c(NCc3cccnc3N(C)S(C)(=O)=O)n2)c1)C(C)C. The number of alkyl halides is 3. The van der Waals surface area contributed by atoms with E-state index in [9.17, 15) is 26.2 Å². The predicted molar refractivity (Wildman–Crippen MR) is 153 cm³/mol. The number of hydrogen-bond donors (Lipinski definition) is 2. The predicted octanol–water partition coefficient (Wildman–Crippen LogP) is 6.32. The first-order valence-corrected chi connectivity index (χ1v) is 16.4. The zero-order valence-electron chi connectivity index (χ0n) is 23.2. The van der Waals surface area contributed by atoms with Crippen LogP contribution in [0.2, 0.25) is 0 Å². The Morgan fingerprint density at radius 3 is 2.33 bits per heavy atom. The maximum Gasteiger partial charge on any atom is 0.421 e. The van der Waals surface area contributed by atoms with Crippen LogP contribution >= 0.6 is 7.14 Å². The minimum absolute atomic E-state index is 0.00791. The smallest absolute Gasteiger partial charge is 0.365 e. The van der Waals surface area contributed by atoms with E-state index in [1.807, 2.05) is 33.8 Å². The number of halogens is 3. The van der Waals surface area contributed by atoms with Gasteiger partial charge in [0.1, 0.15) is 17.2 Å². The highest BCUT2D eigenvalue weighted by atomic mass is 32.2. The van der Waals surface area contributed by atoms with Gasteiger partial charge in [0.05, 0.1) is 13.4 Å². The average molecular weight is 599 g/mol. The molecule has 40 heavy (non-hydrogen) atoms. The molecule has 2 N–H and O–H groups in total. The van der Waals surface area contributed by atoms with Crippen LogP contribution in [0.25, 0.3) is 0 Å². The first-order chi connectivity index (χ1) is 18.5. The largest absolute Gasteiger partial charge is 0.421 e. The van der Waals surface area contributed by atoms with Crippen molar-refractivity contribution in [2.75, 3.05) is 28.2 Å². The first kappa shape index (κ1) is 31.3. The number of anilines is 4. The van der Waals surface area contributed by atoms with Crippen LogP contribution in [0.15, 0.2) is 48.8 Å². The Labute approximate surface area is 233 Å². The summed E-state index contributed by atoms with van der Waals surface area (Å²) in [5.74, 6) is -0.485. The molecule has 0 saturated carbocycles. The van der Waals surface area contributed by atoms with E-state index in [4.69, 9.17) is 0 Å². The minimum Gasteiger partial charge on any atom is -0.365 e. The normalized spacial score (nSPS) is 12.6. The van der Waals surface area contributed by atoms with Crippen molar-refractivity contribution in [1.82, 2.24) is 15.0 Å². The Morgan fingerprint density at radius 2 is 1.73 bits per heavy atom. The number of sulfonamides is 1. The van der Waals surface area contributed by atoms with Crippen LogP contribution in [-0.4, -0.2) is 48.0 Å². The topological polar surface area (TPSA) is 117 Å². The summed E-state index contributed by atoms with van der Waals surface area (Å²) < 4.78 is 79.8. The highest BCUT2D eigenvalue weighted by Gasteiger charge is 2.35. The lowest BCUT2D eigenvalue weighted by Crippen LogP contribution is -2.27. The van der Waals surface area contributed by atoms with Crippen molar-refractivity contribution in [3.05, 3.63) is 65.5 Å². The maximum atomic E-state index is 13.8. The molecule has 0 bridgehead atoms. The second kappa shape index (κ2) is 12.1. The molecule has 14 heteroatoms. The van der Waals surface area contributed by atoms with Crippen molar-refractivity contribution >= 4 is 40.4 Å². The number of aromatic nitrogens is 3. The van der Waals surface area contributed by atoms with Crippen molar-refractivity contribution in [2.24, 2.45) is 0 Å². The van der Waals surface area contributed by atoms with Gasteiger partial charge < -0.3 is 15.2 Å². The number of nitrogens with zero attached hydrogens (tertiary/aromatic N) is 4. The van der Waals surface area contributed by atoms with Crippen LogP contribution in [0.1, 0.15) is 44.4 Å². The molecule has 0 spiro atoms. The second-order valence-electron chi connectivity index (χ2n) is 10.0. The molecule has 3 aromatic rings. The van der Waals surface area contributed by atoms with Crippen molar-refractivity contribution in [3.8, 4) is 0 Å². The van der Waals surface area contributed by atoms with E-state index in [1.165, 1.54) is 13.2 Å². The summed E-state index contributed by atoms with van der Waals surface area (Å²) >= 11 is 0. The third kappa shape index (κ3) is 7.51. The van der Waals surface area contributed by atoms with Crippen molar-refractivity contribution in [1.29, 1.82) is 0 Å². The molecule has 0 unspecified atom stereocenters. The lowest BCUT2D eigenvalue weighted by atomic mass is 10.2. The van der Waals surface area contributed by atoms with Gasteiger partial charge in [-0.1, -0.05) is 45.9 Å². The van der Waals surface area contributed by atoms with Gasteiger partial charge in [0.15, 0.2) is 0 Å². The van der Waals surface area contributed by atoms with E-state index in [0.717, 1.165) is 16.1 Å². The number of nitrogens with one attached hydrogen (secondary N) is 2. The van der Waals surface area contributed by atoms with E-state index in [-0.39, 0.29) is 29.6 Å². The van der Waals surface area contributed by atoms with Gasteiger partial charge in [-0.15, -0.1) is 0 Å². The Hall–Kier alpha value is -3.18. The summed E-state index contributed by atoms with van der Waals surface area (Å²) in [6, 6.07) is 10.3. The molecule has 0 aliphatic heterocycles. The Balaban J connectivity index is 1.90. The molecule has 0 aliphatic rings. The molecule has 9 nitrogen and oxygen atoms in total. The van der Waals surface area contributed by atoms with Crippen LogP contribution in [0.4, 0.5) is 36.4 Å². The summed E-state index contributed by atoms with van der Waals surface area (Å²) in [4.78, 5) is 12.0. The van der Waals surface area contributed by atoms with E-state index in [0.29, 0.717) is 23.6 Å². The fraction of sp³-hybridized carbons (Fsp3) is 0.423. The van der Waals surface area contributed by atoms with Crippen LogP contribution in [0, 0.1) is 0 Å². The Kier molecular flexibility index (Phi) is 9.51. The van der Waals surface area contributed by atoms with Gasteiger partial charge in [-0.25, -0.2) is 18.4 Å². The van der Waals surface area contributed by atoms with Gasteiger partial charge in [-0.05, 0) is 23.8 Å². The Morgan fingerprint density at radius 1 is 1.05 bits per heavy atom. The van der Waals surface area contributed by atoms with Gasteiger partial charge in [0, 0.05) is 54.7 Å². The third-order valence-corrected chi connectivity index (χ3v) is 12.1. The highest BCUT2D eigenvalue weighted by molar-refractivity contribution is 7.92. The summed E-state index contributed by atoms with van der Waals surface area (Å²) in [7, 11) is -4.86. The standard InChI is InChI=1S/C26H34F3N6O3PS/c1-17(2)39(36,18(3)4)16-19-9-7-11-21(13-19)33-25-32-15-22(26(27,28)29)23(34-25)31-14-20-10-8-12-30-24(20)35(5)40(6,37)38/h7-13,15,17-18H,14,16H2,1-6H3,(H2,31,32,33,34). The third-order valence-electron chi connectivity index (χ3n) is 6.56. The van der Waals surface area contributed by atoms with E-state index >= 15 is 0 Å². The van der Waals surface area contributed by atoms with Crippen LogP contribution in [0.3, 0.4) is 0 Å². The molecule has 0 saturated heterocycles. The van der Waals surface area contributed by atoms with Gasteiger partial charge >= 0.3 is 6.18 Å². The molecule has 0 amide bonds. The fourth-order valence-corrected chi connectivity index (χ4v) is 7.26. The molecule has 1 aromatic carbocycles. The lowest BCUT2D eigenvalue weighted by Gasteiger charge is -2.26. The van der Waals surface area contributed by atoms with Gasteiger partial charge in [0.25, 0.3) is 0 Å². The molecule has 2 heterocycles. The van der Waals surface area contributed by atoms with Gasteiger partial charge in [0.2, 0.25) is 16.0 Å². The number of hydrogen-bond acceptors (Lipinski definition) is 8. The number of rotatable bonds is 11. The zero-order valence-corrected chi connectivity index (χ0v) is 24.9. The average Bonchev–Trinajstić information content (AvgIpc) is 2.86. The quantitative estimate of drug-likeness (QED) is 0.246. The molecular formula is C26H34F3N6O3PS. The summed E-state index contributed by atoms with van der Waals surface area (Å²) in [6.07, 6.45) is -1.27. The monoisotopic (exact) mass is 598 g/mol. The van der Waals surface area contributed by atoms with Crippen LogP contribution in [0.5, 0.6) is 0 Å². The molecule has 3 rings (SSSR count). The second-order valence-corrected chi connectivity index (χ2v) is 16.2. The molecule has 0 aliphatic carbocycles. The molecular weight excluding hydrogens is 564 g/mol. The maximum absolute atomic E-state index is 13.8. The summed E-state index contributed by atoms with van der Waals surface area (Å²) in [5.41, 5.74) is 0.654. The fourth-order valence-electron chi connectivity index (χ4n) is 4.10. The molecule has 218 valence electrons. The lowest BCUT2D eigenvalue weighted by molar-refractivity contribution is -0.137. The van der Waals surface area contributed by atoms with Gasteiger partial charge in [-0.3, -0.25) is 4.31 Å². The van der Waals surface area contributed by atoms with E-state index < -0.39 is 34.7 Å². The first-order valence-electron chi connectivity index (χ1n) is 12.5. The van der Waals surface area contributed by atoms with Crippen molar-refractivity contribution in [3.63, 3.8) is 0 Å². The molecule has 0 fully saturated rings. The van der Waals surface area contributed by atoms with Crippen molar-refractivity contribution in [2.45, 2.75) is 57.9 Å². The molecule has 0 atom stereocenters. The van der Waals surface area contributed by atoms with E-state index in [1.54, 1.807) is 30.3 Å². The minimum atomic E-state index is -4.74. The highest BCUT2D eigenvalue weighted by Crippen LogP contribution is 2.57. The van der Waals surface area contributed by atoms with E-state index in [2.05, 4.69) is 25.6 Å². The molecule has 2 aromatic heterocycles. The number of benzene rings is 1.